The van der Waals surface area contributed by atoms with E-state index in [1.165, 1.54) is 36.0 Å². The Balaban J connectivity index is 1.79. The first-order chi connectivity index (χ1) is 9.76. The average Bonchev–Trinajstić information content (AvgIpc) is 2.93. The summed E-state index contributed by atoms with van der Waals surface area (Å²) in [5, 5.41) is 0. The molecule has 0 bridgehead atoms. The maximum Gasteiger partial charge on any atom is 0.0295 e. The summed E-state index contributed by atoms with van der Waals surface area (Å²) in [7, 11) is 0. The molecule has 0 saturated heterocycles. The summed E-state index contributed by atoms with van der Waals surface area (Å²) in [6.45, 7) is 2.12. The summed E-state index contributed by atoms with van der Waals surface area (Å²) in [5.41, 5.74) is 7.19. The van der Waals surface area contributed by atoms with Crippen LogP contribution in [0.15, 0.2) is 42.5 Å². The van der Waals surface area contributed by atoms with Gasteiger partial charge in [-0.2, -0.15) is 0 Å². The summed E-state index contributed by atoms with van der Waals surface area (Å²) in [6.07, 6.45) is 4.86. The Morgan fingerprint density at radius 3 is 2.50 bits per heavy atom. The van der Waals surface area contributed by atoms with Crippen molar-refractivity contribution in [1.29, 1.82) is 0 Å². The van der Waals surface area contributed by atoms with Gasteiger partial charge in [0.25, 0.3) is 0 Å². The van der Waals surface area contributed by atoms with E-state index in [-0.39, 0.29) is 0 Å². The van der Waals surface area contributed by atoms with Gasteiger partial charge in [0.05, 0.1) is 0 Å². The van der Waals surface area contributed by atoms with Crippen LogP contribution in [0, 0.1) is 6.92 Å². The Labute approximate surface area is 126 Å². The molecule has 0 heterocycles. The van der Waals surface area contributed by atoms with E-state index in [4.69, 9.17) is 11.6 Å². The third-order valence-corrected chi connectivity index (χ3v) is 4.75. The summed E-state index contributed by atoms with van der Waals surface area (Å²) in [6, 6.07) is 15.8. The van der Waals surface area contributed by atoms with Crippen LogP contribution in [0.3, 0.4) is 0 Å². The molecular formula is C19H21Cl. The van der Waals surface area contributed by atoms with E-state index in [0.29, 0.717) is 11.8 Å². The molecule has 2 aromatic carbocycles. The monoisotopic (exact) mass is 284 g/mol. The molecule has 0 fully saturated rings. The molecule has 1 aliphatic carbocycles. The van der Waals surface area contributed by atoms with E-state index in [2.05, 4.69) is 49.4 Å². The molecule has 20 heavy (non-hydrogen) atoms. The predicted molar refractivity (Wildman–Crippen MR) is 86.8 cm³/mol. The Bertz CT molecular complexity index is 583. The molecule has 104 valence electrons. The van der Waals surface area contributed by atoms with Crippen LogP contribution in [0.2, 0.25) is 0 Å². The van der Waals surface area contributed by atoms with Gasteiger partial charge in [-0.25, -0.2) is 0 Å². The minimum atomic E-state index is 0.414. The van der Waals surface area contributed by atoms with Gasteiger partial charge in [-0.15, -0.1) is 11.6 Å². The largest absolute Gasteiger partial charge is 0.126 e. The van der Waals surface area contributed by atoms with Crippen molar-refractivity contribution in [2.24, 2.45) is 0 Å². The zero-order chi connectivity index (χ0) is 13.9. The van der Waals surface area contributed by atoms with Crippen molar-refractivity contribution in [3.05, 3.63) is 70.3 Å². The van der Waals surface area contributed by atoms with Crippen LogP contribution in [0.4, 0.5) is 0 Å². The number of hydrogen-bond acceptors (Lipinski definition) is 0. The lowest BCUT2D eigenvalue weighted by molar-refractivity contribution is 0.765. The lowest BCUT2D eigenvalue weighted by Crippen LogP contribution is -2.05. The van der Waals surface area contributed by atoms with Crippen molar-refractivity contribution in [1.82, 2.24) is 0 Å². The van der Waals surface area contributed by atoms with Crippen LogP contribution < -0.4 is 0 Å². The summed E-state index contributed by atoms with van der Waals surface area (Å²) in [4.78, 5) is 0. The van der Waals surface area contributed by atoms with E-state index >= 15 is 0 Å². The predicted octanol–water partition coefficient (Wildman–Crippen LogP) is 5.05. The van der Waals surface area contributed by atoms with Gasteiger partial charge in [0.15, 0.2) is 0 Å². The third-order valence-electron chi connectivity index (χ3n) is 4.38. The van der Waals surface area contributed by atoms with Gasteiger partial charge in [-0.05, 0) is 54.9 Å². The van der Waals surface area contributed by atoms with Crippen LogP contribution in [0.5, 0.6) is 0 Å². The Hall–Kier alpha value is -1.27. The Kier molecular flexibility index (Phi) is 4.12. The lowest BCUT2D eigenvalue weighted by atomic mass is 9.92. The third kappa shape index (κ3) is 2.91. The molecule has 0 aromatic heterocycles. The molecule has 0 N–H and O–H groups in total. The maximum absolute atomic E-state index is 6.21. The zero-order valence-corrected chi connectivity index (χ0v) is 12.8. The second-order valence-electron chi connectivity index (χ2n) is 5.92. The molecule has 1 heteroatoms. The van der Waals surface area contributed by atoms with Crippen molar-refractivity contribution in [3.8, 4) is 0 Å². The van der Waals surface area contributed by atoms with Crippen LogP contribution in [-0.2, 0) is 19.3 Å². The number of rotatable bonds is 4. The molecule has 0 nitrogen and oxygen atoms in total. The molecule has 1 aliphatic rings. The van der Waals surface area contributed by atoms with E-state index in [1.54, 1.807) is 11.1 Å². The summed E-state index contributed by atoms with van der Waals surface area (Å²) < 4.78 is 0. The minimum Gasteiger partial charge on any atom is -0.126 e. The smallest absolute Gasteiger partial charge is 0.0295 e. The summed E-state index contributed by atoms with van der Waals surface area (Å²) >= 11 is 6.21. The van der Waals surface area contributed by atoms with E-state index in [0.717, 1.165) is 6.42 Å². The van der Waals surface area contributed by atoms with Gasteiger partial charge in [0, 0.05) is 11.8 Å². The first-order valence-corrected chi connectivity index (χ1v) is 8.03. The average molecular weight is 285 g/mol. The fourth-order valence-electron chi connectivity index (χ4n) is 3.14. The van der Waals surface area contributed by atoms with E-state index in [1.807, 2.05) is 0 Å². The van der Waals surface area contributed by atoms with E-state index < -0.39 is 0 Å². The number of alkyl halides is 1. The highest BCUT2D eigenvalue weighted by molar-refractivity contribution is 6.18. The minimum absolute atomic E-state index is 0.414. The molecule has 2 aromatic rings. The topological polar surface area (TPSA) is 0 Å². The van der Waals surface area contributed by atoms with Gasteiger partial charge >= 0.3 is 0 Å². The number of benzene rings is 2. The molecule has 1 atom stereocenters. The van der Waals surface area contributed by atoms with Crippen molar-refractivity contribution in [3.63, 3.8) is 0 Å². The molecule has 0 radical (unpaired) electrons. The number of halogens is 1. The highest BCUT2D eigenvalue weighted by atomic mass is 35.5. The second kappa shape index (κ2) is 6.01. The number of aryl methyl sites for hydroxylation is 3. The van der Waals surface area contributed by atoms with Gasteiger partial charge < -0.3 is 0 Å². The molecule has 0 aliphatic heterocycles. The first-order valence-electron chi connectivity index (χ1n) is 7.49. The number of hydrogen-bond donors (Lipinski definition) is 0. The van der Waals surface area contributed by atoms with Crippen LogP contribution in [-0.4, -0.2) is 5.88 Å². The highest BCUT2D eigenvalue weighted by Gasteiger charge is 2.14. The SMILES string of the molecule is Cc1ccc(C(CCl)Cc2ccc3c(c2)CCC3)cc1. The standard InChI is InChI=1S/C19H21Cl/c1-14-5-8-17(9-6-14)19(13-20)12-15-7-10-16-3-2-4-18(16)11-15/h5-11,19H,2-4,12-13H2,1H3. The van der Waals surface area contributed by atoms with Gasteiger partial charge in [-0.3, -0.25) is 0 Å². The first kappa shape index (κ1) is 13.7. The van der Waals surface area contributed by atoms with Crippen molar-refractivity contribution < 1.29 is 0 Å². The van der Waals surface area contributed by atoms with Crippen molar-refractivity contribution in [2.75, 3.05) is 5.88 Å². The molecule has 0 spiro atoms. The normalized spacial score (nSPS) is 15.1. The summed E-state index contributed by atoms with van der Waals surface area (Å²) in [5.74, 6) is 1.09. The molecule has 0 amide bonds. The molecule has 3 rings (SSSR count). The number of fused-ring (bicyclic) bond motifs is 1. The van der Waals surface area contributed by atoms with Gasteiger partial charge in [-0.1, -0.05) is 48.0 Å². The van der Waals surface area contributed by atoms with Crippen LogP contribution >= 0.6 is 11.6 Å². The van der Waals surface area contributed by atoms with Crippen molar-refractivity contribution >= 4 is 11.6 Å². The Morgan fingerprint density at radius 2 is 1.75 bits per heavy atom. The fraction of sp³-hybridized carbons (Fsp3) is 0.368. The zero-order valence-electron chi connectivity index (χ0n) is 12.0. The second-order valence-corrected chi connectivity index (χ2v) is 6.23. The molecule has 1 unspecified atom stereocenters. The van der Waals surface area contributed by atoms with E-state index in [9.17, 15) is 0 Å². The van der Waals surface area contributed by atoms with Gasteiger partial charge in [0.2, 0.25) is 0 Å². The molecular weight excluding hydrogens is 264 g/mol. The quantitative estimate of drug-likeness (QED) is 0.689. The van der Waals surface area contributed by atoms with Gasteiger partial charge in [0.1, 0.15) is 0 Å². The maximum atomic E-state index is 6.21. The lowest BCUT2D eigenvalue weighted by Gasteiger charge is -2.15. The van der Waals surface area contributed by atoms with Crippen molar-refractivity contribution in [2.45, 2.75) is 38.5 Å². The van der Waals surface area contributed by atoms with Crippen LogP contribution in [0.1, 0.15) is 40.2 Å². The van der Waals surface area contributed by atoms with Crippen LogP contribution in [0.25, 0.3) is 0 Å². The Morgan fingerprint density at radius 1 is 1.00 bits per heavy atom. The molecule has 0 saturated carbocycles. The fourth-order valence-corrected chi connectivity index (χ4v) is 3.42. The highest BCUT2D eigenvalue weighted by Crippen LogP contribution is 2.27.